The Morgan fingerprint density at radius 3 is 2.06 bits per heavy atom. The molecule has 0 amide bonds. The van der Waals surface area contributed by atoms with Gasteiger partial charge in [-0.25, -0.2) is 0 Å². The summed E-state index contributed by atoms with van der Waals surface area (Å²) in [4.78, 5) is 21.9. The fourth-order valence-corrected chi connectivity index (χ4v) is 1.13. The molecular weight excluding hydrogens is 210 g/mol. The van der Waals surface area contributed by atoms with E-state index >= 15 is 0 Å². The molecule has 0 aromatic rings. The number of carbonyl (C=O) groups excluding carboxylic acids is 1. The van der Waals surface area contributed by atoms with Gasteiger partial charge in [-0.3, -0.25) is 9.59 Å². The van der Waals surface area contributed by atoms with Crippen LogP contribution in [0.15, 0.2) is 0 Å². The summed E-state index contributed by atoms with van der Waals surface area (Å²) in [5.74, 6) is -1.28. The largest absolute Gasteiger partial charge is 0.481 e. The summed E-state index contributed by atoms with van der Waals surface area (Å²) in [5, 5.41) is 11.5. The molecule has 0 aliphatic carbocycles. The van der Waals surface area contributed by atoms with Crippen molar-refractivity contribution < 1.29 is 19.4 Å². The van der Waals surface area contributed by atoms with Crippen LogP contribution in [0.5, 0.6) is 0 Å². The van der Waals surface area contributed by atoms with Gasteiger partial charge in [-0.05, 0) is 34.6 Å². The second-order valence-electron chi connectivity index (χ2n) is 5.39. The Morgan fingerprint density at radius 1 is 1.19 bits per heavy atom. The summed E-state index contributed by atoms with van der Waals surface area (Å²) in [6, 6.07) is 0. The van der Waals surface area contributed by atoms with Crippen LogP contribution in [-0.2, 0) is 14.3 Å². The van der Waals surface area contributed by atoms with Gasteiger partial charge in [-0.2, -0.15) is 0 Å². The van der Waals surface area contributed by atoms with Crippen molar-refractivity contribution in [2.75, 3.05) is 6.54 Å². The van der Waals surface area contributed by atoms with Gasteiger partial charge in [-0.1, -0.05) is 0 Å². The predicted octanol–water partition coefficient (Wildman–Crippen LogP) is 1.17. The highest BCUT2D eigenvalue weighted by molar-refractivity contribution is 5.72. The Bertz CT molecular complexity index is 266. The Kier molecular flexibility index (Phi) is 4.93. The van der Waals surface area contributed by atoms with Crippen LogP contribution in [0.2, 0.25) is 0 Å². The second-order valence-corrected chi connectivity index (χ2v) is 5.39. The molecule has 0 heterocycles. The highest BCUT2D eigenvalue weighted by Crippen LogP contribution is 2.09. The number of hydrogen-bond acceptors (Lipinski definition) is 4. The lowest BCUT2D eigenvalue weighted by molar-refractivity contribution is -0.154. The zero-order valence-electron chi connectivity index (χ0n) is 10.6. The molecule has 0 spiro atoms. The maximum atomic E-state index is 11.4. The van der Waals surface area contributed by atoms with Gasteiger partial charge < -0.3 is 15.2 Å². The molecule has 0 rings (SSSR count). The molecule has 94 valence electrons. The molecule has 5 heteroatoms. The third-order valence-corrected chi connectivity index (χ3v) is 1.72. The Morgan fingerprint density at radius 2 is 1.69 bits per heavy atom. The number of aliphatic carboxylic acids is 1. The molecule has 0 fully saturated rings. The molecule has 2 N–H and O–H groups in total. The first kappa shape index (κ1) is 14.9. The Balaban J connectivity index is 4.05. The number of nitrogens with one attached hydrogen (secondary N) is 1. The highest BCUT2D eigenvalue weighted by atomic mass is 16.6. The molecule has 0 aromatic carbocycles. The van der Waals surface area contributed by atoms with Gasteiger partial charge >= 0.3 is 11.9 Å². The maximum Gasteiger partial charge on any atom is 0.320 e. The smallest absolute Gasteiger partial charge is 0.320 e. The van der Waals surface area contributed by atoms with Crippen LogP contribution in [0.3, 0.4) is 0 Å². The van der Waals surface area contributed by atoms with E-state index in [0.717, 1.165) is 0 Å². The van der Waals surface area contributed by atoms with E-state index in [0.29, 0.717) is 0 Å². The monoisotopic (exact) mass is 231 g/mol. The van der Waals surface area contributed by atoms with E-state index in [9.17, 15) is 9.59 Å². The molecule has 0 unspecified atom stereocenters. The van der Waals surface area contributed by atoms with Gasteiger partial charge in [0.1, 0.15) is 5.60 Å². The van der Waals surface area contributed by atoms with Gasteiger partial charge in [0.05, 0.1) is 13.0 Å². The molecule has 16 heavy (non-hydrogen) atoms. The molecule has 0 aliphatic heterocycles. The number of rotatable bonds is 5. The van der Waals surface area contributed by atoms with E-state index in [1.165, 1.54) is 0 Å². The summed E-state index contributed by atoms with van der Waals surface area (Å²) in [5.41, 5.74) is -1.14. The summed E-state index contributed by atoms with van der Waals surface area (Å²) >= 11 is 0. The number of carbonyl (C=O) groups is 2. The predicted molar refractivity (Wildman–Crippen MR) is 60.2 cm³/mol. The average molecular weight is 231 g/mol. The number of carboxylic acids is 1. The van der Waals surface area contributed by atoms with Crippen molar-refractivity contribution >= 4 is 11.9 Å². The van der Waals surface area contributed by atoms with Gasteiger partial charge in [0.2, 0.25) is 0 Å². The molecule has 5 nitrogen and oxygen atoms in total. The fraction of sp³-hybridized carbons (Fsp3) is 0.818. The summed E-state index contributed by atoms with van der Waals surface area (Å²) in [7, 11) is 0. The van der Waals surface area contributed by atoms with Crippen LogP contribution < -0.4 is 5.32 Å². The Hall–Kier alpha value is -1.10. The molecule has 0 bridgehead atoms. The van der Waals surface area contributed by atoms with Crippen molar-refractivity contribution in [3.8, 4) is 0 Å². The van der Waals surface area contributed by atoms with Crippen LogP contribution >= 0.6 is 0 Å². The van der Waals surface area contributed by atoms with Crippen LogP contribution in [0, 0.1) is 0 Å². The first-order valence-electron chi connectivity index (χ1n) is 5.20. The van der Waals surface area contributed by atoms with E-state index in [1.807, 2.05) is 0 Å². The third-order valence-electron chi connectivity index (χ3n) is 1.72. The molecule has 0 aromatic heterocycles. The lowest BCUT2D eigenvalue weighted by atomic mass is 10.0. The first-order valence-corrected chi connectivity index (χ1v) is 5.20. The molecule has 0 atom stereocenters. The third kappa shape index (κ3) is 8.23. The maximum absolute atomic E-state index is 11.4. The van der Waals surface area contributed by atoms with Crippen molar-refractivity contribution in [2.45, 2.75) is 52.2 Å². The molecule has 0 aliphatic rings. The lowest BCUT2D eigenvalue weighted by Crippen LogP contribution is -2.45. The number of hydrogen-bond donors (Lipinski definition) is 2. The minimum absolute atomic E-state index is 0.0115. The molecule has 0 saturated heterocycles. The van der Waals surface area contributed by atoms with Crippen LogP contribution in [0.25, 0.3) is 0 Å². The SMILES string of the molecule is CC(C)(CC(=O)O)NCC(=O)OC(C)(C)C. The number of carboxylic acid groups (broad SMARTS) is 1. The van der Waals surface area contributed by atoms with Crippen molar-refractivity contribution in [3.05, 3.63) is 0 Å². The summed E-state index contributed by atoms with van der Waals surface area (Å²) < 4.78 is 5.09. The van der Waals surface area contributed by atoms with Crippen molar-refractivity contribution in [1.29, 1.82) is 0 Å². The van der Waals surface area contributed by atoms with Gasteiger partial charge in [-0.15, -0.1) is 0 Å². The lowest BCUT2D eigenvalue weighted by Gasteiger charge is -2.25. The summed E-state index contributed by atoms with van der Waals surface area (Å²) in [6.45, 7) is 8.82. The zero-order valence-corrected chi connectivity index (χ0v) is 10.6. The van der Waals surface area contributed by atoms with Crippen LogP contribution in [0.4, 0.5) is 0 Å². The summed E-state index contributed by atoms with van der Waals surface area (Å²) in [6.07, 6.45) is -0.0458. The van der Waals surface area contributed by atoms with E-state index in [2.05, 4.69) is 5.32 Å². The molecular formula is C11H21NO4. The van der Waals surface area contributed by atoms with E-state index in [1.54, 1.807) is 34.6 Å². The van der Waals surface area contributed by atoms with Gasteiger partial charge in [0, 0.05) is 5.54 Å². The van der Waals surface area contributed by atoms with Crippen molar-refractivity contribution in [2.24, 2.45) is 0 Å². The van der Waals surface area contributed by atoms with Crippen LogP contribution in [-0.4, -0.2) is 34.7 Å². The number of ether oxygens (including phenoxy) is 1. The topological polar surface area (TPSA) is 75.6 Å². The quantitative estimate of drug-likeness (QED) is 0.695. The zero-order chi connectivity index (χ0) is 13.0. The standard InChI is InChI=1S/C11H21NO4/c1-10(2,3)16-9(15)7-12-11(4,5)6-8(13)14/h12H,6-7H2,1-5H3,(H,13,14). The van der Waals surface area contributed by atoms with E-state index < -0.39 is 17.1 Å². The Labute approximate surface area is 96.2 Å². The van der Waals surface area contributed by atoms with Crippen molar-refractivity contribution in [1.82, 2.24) is 5.32 Å². The van der Waals surface area contributed by atoms with Crippen molar-refractivity contribution in [3.63, 3.8) is 0 Å². The van der Waals surface area contributed by atoms with Gasteiger partial charge in [0.15, 0.2) is 0 Å². The number of esters is 1. The molecule has 0 radical (unpaired) electrons. The fourth-order valence-electron chi connectivity index (χ4n) is 1.13. The van der Waals surface area contributed by atoms with Gasteiger partial charge in [0.25, 0.3) is 0 Å². The normalized spacial score (nSPS) is 12.3. The van der Waals surface area contributed by atoms with Crippen LogP contribution in [0.1, 0.15) is 41.0 Å². The minimum Gasteiger partial charge on any atom is -0.481 e. The van der Waals surface area contributed by atoms with E-state index in [-0.39, 0.29) is 18.9 Å². The van der Waals surface area contributed by atoms with E-state index in [4.69, 9.17) is 9.84 Å². The minimum atomic E-state index is -0.901. The highest BCUT2D eigenvalue weighted by Gasteiger charge is 2.23. The first-order chi connectivity index (χ1) is 7.02. The second kappa shape index (κ2) is 5.30. The molecule has 0 saturated carbocycles. The average Bonchev–Trinajstić information content (AvgIpc) is 1.95.